The quantitative estimate of drug-likeness (QED) is 0.382. The molecule has 0 spiro atoms. The number of aliphatic hydroxyl groups excluding tert-OH is 1. The molecule has 3 N–H and O–H groups in total. The number of benzene rings is 1. The molecule has 228 valence electrons. The molecule has 1 aliphatic carbocycles. The normalized spacial score (nSPS) is 29.0. The van der Waals surface area contributed by atoms with Crippen LogP contribution in [0.3, 0.4) is 0 Å². The highest BCUT2D eigenvalue weighted by Crippen LogP contribution is 2.40. The number of amides is 3. The summed E-state index contributed by atoms with van der Waals surface area (Å²) in [6.45, 7) is 6.84. The molecule has 0 aromatic heterocycles. The Bertz CT molecular complexity index is 1000. The summed E-state index contributed by atoms with van der Waals surface area (Å²) in [6.07, 6.45) is 10.6. The number of halogens is 1. The van der Waals surface area contributed by atoms with E-state index in [0.29, 0.717) is 37.0 Å². The molecule has 5 rings (SSSR count). The molecule has 3 amide bonds. The lowest BCUT2D eigenvalue weighted by Crippen LogP contribution is -2.61. The van der Waals surface area contributed by atoms with Crippen LogP contribution in [0.15, 0.2) is 24.3 Å². The molecule has 1 aromatic carbocycles. The van der Waals surface area contributed by atoms with Gasteiger partial charge in [-0.2, -0.15) is 0 Å². The van der Waals surface area contributed by atoms with Crippen molar-refractivity contribution in [3.63, 3.8) is 0 Å². The molecule has 4 fully saturated rings. The summed E-state index contributed by atoms with van der Waals surface area (Å²) < 4.78 is 0. The zero-order chi connectivity index (χ0) is 28.9. The van der Waals surface area contributed by atoms with Crippen LogP contribution < -0.4 is 10.6 Å². The van der Waals surface area contributed by atoms with Crippen LogP contribution in [0.5, 0.6) is 0 Å². The standard InChI is InChI=1S/C32H50ClN5O3/c1-3-36(4-2)32(41)38(25-8-6-5-7-9-25)28-18-26-14-15-27(19-28)37(26)31(40)30(16-22-10-12-23(33)13-11-22)35-20-24-17-29(39)21-34-24/h10-13,24-30,34-35,39H,3-9,14-21H2,1-2H3/t24-,26?,27?,28?,29+,30-/m1/s1. The molecule has 1 aromatic rings. The number of nitrogens with one attached hydrogen (secondary N) is 2. The topological polar surface area (TPSA) is 88.2 Å². The second kappa shape index (κ2) is 14.1. The number of hydrogen-bond donors (Lipinski definition) is 3. The van der Waals surface area contributed by atoms with E-state index in [9.17, 15) is 14.7 Å². The molecule has 2 bridgehead atoms. The van der Waals surface area contributed by atoms with Crippen LogP contribution in [0.4, 0.5) is 4.79 Å². The number of hydrogen-bond acceptors (Lipinski definition) is 5. The molecule has 2 unspecified atom stereocenters. The first-order chi connectivity index (χ1) is 19.9. The highest BCUT2D eigenvalue weighted by atomic mass is 35.5. The number of nitrogens with zero attached hydrogens (tertiary/aromatic N) is 3. The average molecular weight is 588 g/mol. The van der Waals surface area contributed by atoms with Gasteiger partial charge in [0.15, 0.2) is 0 Å². The highest BCUT2D eigenvalue weighted by molar-refractivity contribution is 6.30. The van der Waals surface area contributed by atoms with Crippen LogP contribution in [-0.2, 0) is 11.2 Å². The van der Waals surface area contributed by atoms with Gasteiger partial charge < -0.3 is 30.4 Å². The van der Waals surface area contributed by atoms with Crippen molar-refractivity contribution in [2.75, 3.05) is 26.2 Å². The first-order valence-electron chi connectivity index (χ1n) is 16.2. The highest BCUT2D eigenvalue weighted by Gasteiger charge is 2.48. The Morgan fingerprint density at radius 1 is 1.00 bits per heavy atom. The Morgan fingerprint density at radius 3 is 2.24 bits per heavy atom. The number of aliphatic hydroxyl groups is 1. The summed E-state index contributed by atoms with van der Waals surface area (Å²) in [5.74, 6) is 0.170. The van der Waals surface area contributed by atoms with Gasteiger partial charge in [0.05, 0.1) is 12.1 Å². The number of carbonyl (C=O) groups is 2. The first-order valence-corrected chi connectivity index (χ1v) is 16.5. The second-order valence-corrected chi connectivity index (χ2v) is 13.1. The van der Waals surface area contributed by atoms with Gasteiger partial charge in [-0.3, -0.25) is 4.79 Å². The Morgan fingerprint density at radius 2 is 1.66 bits per heavy atom. The van der Waals surface area contributed by atoms with Crippen LogP contribution in [0.1, 0.15) is 83.6 Å². The number of β-amino-alcohol motifs (C(OH)–C–C–N with tert-alkyl or cyclic N) is 1. The van der Waals surface area contributed by atoms with Crippen molar-refractivity contribution < 1.29 is 14.7 Å². The largest absolute Gasteiger partial charge is 0.392 e. The minimum absolute atomic E-state index is 0.156. The van der Waals surface area contributed by atoms with Crippen LogP contribution >= 0.6 is 11.6 Å². The SMILES string of the molecule is CCN(CC)C(=O)N(C1CCCCC1)C1CC2CCC(C1)N2C(=O)[C@@H](Cc1ccc(Cl)cc1)NC[C@H]1C[C@H](O)CN1. The Labute approximate surface area is 251 Å². The van der Waals surface area contributed by atoms with E-state index >= 15 is 0 Å². The van der Waals surface area contributed by atoms with Crippen molar-refractivity contribution in [1.29, 1.82) is 0 Å². The predicted octanol–water partition coefficient (Wildman–Crippen LogP) is 4.18. The summed E-state index contributed by atoms with van der Waals surface area (Å²) in [4.78, 5) is 34.6. The van der Waals surface area contributed by atoms with Crippen LogP contribution in [0, 0.1) is 0 Å². The molecule has 0 radical (unpaired) electrons. The number of rotatable bonds is 10. The smallest absolute Gasteiger partial charge is 0.320 e. The number of carbonyl (C=O) groups excluding carboxylic acids is 2. The van der Waals surface area contributed by atoms with Crippen LogP contribution in [0.2, 0.25) is 5.02 Å². The summed E-state index contributed by atoms with van der Waals surface area (Å²) in [5.41, 5.74) is 1.08. The monoisotopic (exact) mass is 587 g/mol. The first kappa shape index (κ1) is 30.6. The maximum Gasteiger partial charge on any atom is 0.320 e. The van der Waals surface area contributed by atoms with Crippen molar-refractivity contribution >= 4 is 23.5 Å². The fraction of sp³-hybridized carbons (Fsp3) is 0.750. The number of piperidine rings is 1. The number of urea groups is 1. The number of fused-ring (bicyclic) bond motifs is 2. The zero-order valence-corrected chi connectivity index (χ0v) is 25.7. The molecule has 3 heterocycles. The van der Waals surface area contributed by atoms with Crippen molar-refractivity contribution in [2.24, 2.45) is 0 Å². The lowest BCUT2D eigenvalue weighted by Gasteiger charge is -2.48. The molecule has 3 saturated heterocycles. The van der Waals surface area contributed by atoms with Crippen molar-refractivity contribution in [3.8, 4) is 0 Å². The van der Waals surface area contributed by atoms with E-state index in [1.54, 1.807) is 0 Å². The third-order valence-electron chi connectivity index (χ3n) is 10.0. The molecule has 4 aliphatic rings. The summed E-state index contributed by atoms with van der Waals surface area (Å²) in [6, 6.07) is 8.63. The zero-order valence-electron chi connectivity index (χ0n) is 24.9. The lowest BCUT2D eigenvalue weighted by atomic mass is 9.89. The van der Waals surface area contributed by atoms with E-state index < -0.39 is 0 Å². The fourth-order valence-corrected chi connectivity index (χ4v) is 8.01. The van der Waals surface area contributed by atoms with Crippen LogP contribution in [-0.4, -0.2) is 100 Å². The molecular weight excluding hydrogens is 538 g/mol. The minimum Gasteiger partial charge on any atom is -0.392 e. The van der Waals surface area contributed by atoms with Gasteiger partial charge in [-0.15, -0.1) is 0 Å². The lowest BCUT2D eigenvalue weighted by molar-refractivity contribution is -0.139. The van der Waals surface area contributed by atoms with Crippen molar-refractivity contribution in [2.45, 2.75) is 127 Å². The molecule has 9 heteroatoms. The van der Waals surface area contributed by atoms with E-state index in [1.807, 2.05) is 29.2 Å². The van der Waals surface area contributed by atoms with E-state index in [-0.39, 0.29) is 48.3 Å². The van der Waals surface area contributed by atoms with E-state index in [2.05, 4.69) is 34.3 Å². The van der Waals surface area contributed by atoms with Crippen LogP contribution in [0.25, 0.3) is 0 Å². The van der Waals surface area contributed by atoms with Crippen molar-refractivity contribution in [3.05, 3.63) is 34.9 Å². The molecule has 5 atom stereocenters. The Hall–Kier alpha value is -1.87. The molecular formula is C32H50ClN5O3. The van der Waals surface area contributed by atoms with Gasteiger partial charge in [-0.25, -0.2) is 4.79 Å². The Balaban J connectivity index is 1.31. The van der Waals surface area contributed by atoms with E-state index in [4.69, 9.17) is 11.6 Å². The van der Waals surface area contributed by atoms with Gasteiger partial charge in [0, 0.05) is 61.4 Å². The minimum atomic E-state index is -0.345. The fourth-order valence-electron chi connectivity index (χ4n) is 7.88. The van der Waals surface area contributed by atoms with Crippen molar-refractivity contribution in [1.82, 2.24) is 25.3 Å². The second-order valence-electron chi connectivity index (χ2n) is 12.7. The van der Waals surface area contributed by atoms with E-state index in [1.165, 1.54) is 19.3 Å². The summed E-state index contributed by atoms with van der Waals surface area (Å²) in [7, 11) is 0. The van der Waals surface area contributed by atoms with Gasteiger partial charge in [0.25, 0.3) is 0 Å². The molecule has 3 aliphatic heterocycles. The van der Waals surface area contributed by atoms with Gasteiger partial charge in [-0.1, -0.05) is 43.0 Å². The average Bonchev–Trinajstić information content (AvgIpc) is 3.52. The maximum atomic E-state index is 14.3. The third-order valence-corrected chi connectivity index (χ3v) is 10.3. The summed E-state index contributed by atoms with van der Waals surface area (Å²) >= 11 is 6.14. The maximum absolute atomic E-state index is 14.3. The Kier molecular flexibility index (Phi) is 10.5. The van der Waals surface area contributed by atoms with Gasteiger partial charge in [0.1, 0.15) is 0 Å². The van der Waals surface area contributed by atoms with Gasteiger partial charge in [0.2, 0.25) is 5.91 Å². The predicted molar refractivity (Wildman–Crippen MR) is 163 cm³/mol. The van der Waals surface area contributed by atoms with E-state index in [0.717, 1.165) is 57.2 Å². The van der Waals surface area contributed by atoms with Gasteiger partial charge in [-0.05, 0) is 82.9 Å². The third kappa shape index (κ3) is 7.20. The summed E-state index contributed by atoms with van der Waals surface area (Å²) in [5, 5.41) is 17.6. The molecule has 1 saturated carbocycles. The molecule has 8 nitrogen and oxygen atoms in total. The molecule has 41 heavy (non-hydrogen) atoms. The van der Waals surface area contributed by atoms with Gasteiger partial charge >= 0.3 is 6.03 Å².